The molecule has 1 amide bonds. The zero-order valence-electron chi connectivity index (χ0n) is 17.5. The minimum Gasteiger partial charge on any atom is -0.494 e. The van der Waals surface area contributed by atoms with Gasteiger partial charge < -0.3 is 14.4 Å². The van der Waals surface area contributed by atoms with Crippen LogP contribution in [-0.4, -0.2) is 52.4 Å². The number of H-pyrrole nitrogens is 1. The van der Waals surface area contributed by atoms with E-state index in [1.54, 1.807) is 34.7 Å². The number of amides is 1. The van der Waals surface area contributed by atoms with Crippen LogP contribution in [0.4, 0.5) is 4.39 Å². The minimum absolute atomic E-state index is 0.0714. The van der Waals surface area contributed by atoms with E-state index in [1.165, 1.54) is 6.07 Å². The van der Waals surface area contributed by atoms with E-state index in [0.29, 0.717) is 30.3 Å². The highest BCUT2D eigenvalue weighted by atomic mass is 32.1. The molecular formula is C22H25FN4O3S. The summed E-state index contributed by atoms with van der Waals surface area (Å²) in [7, 11) is 1.69. The van der Waals surface area contributed by atoms with E-state index in [-0.39, 0.29) is 24.7 Å². The van der Waals surface area contributed by atoms with E-state index in [0.717, 1.165) is 11.3 Å². The second kappa shape index (κ2) is 10.7. The van der Waals surface area contributed by atoms with Gasteiger partial charge in [0.25, 0.3) is 0 Å². The van der Waals surface area contributed by atoms with Crippen molar-refractivity contribution >= 4 is 18.1 Å². The molecule has 1 aromatic heterocycles. The Morgan fingerprint density at radius 2 is 1.94 bits per heavy atom. The van der Waals surface area contributed by atoms with Gasteiger partial charge in [0, 0.05) is 25.6 Å². The van der Waals surface area contributed by atoms with Gasteiger partial charge in [-0.05, 0) is 55.5 Å². The molecule has 3 aromatic rings. The van der Waals surface area contributed by atoms with Crippen LogP contribution in [0.3, 0.4) is 0 Å². The number of hydrogen-bond acceptors (Lipinski definition) is 5. The maximum absolute atomic E-state index is 13.6. The van der Waals surface area contributed by atoms with E-state index < -0.39 is 5.82 Å². The summed E-state index contributed by atoms with van der Waals surface area (Å²) < 4.78 is 26.7. The topological polar surface area (TPSA) is 72.4 Å². The van der Waals surface area contributed by atoms with Crippen LogP contribution in [0.15, 0.2) is 48.5 Å². The summed E-state index contributed by atoms with van der Waals surface area (Å²) in [6.45, 7) is 3.45. The number of halogens is 1. The average Bonchev–Trinajstić information content (AvgIpc) is 3.14. The Balaban J connectivity index is 1.55. The lowest BCUT2D eigenvalue weighted by molar-refractivity contribution is -0.130. The third-order valence-electron chi connectivity index (χ3n) is 4.68. The Morgan fingerprint density at radius 1 is 1.19 bits per heavy atom. The molecule has 0 aliphatic carbocycles. The fourth-order valence-electron chi connectivity index (χ4n) is 2.99. The molecule has 1 N–H and O–H groups in total. The first-order chi connectivity index (χ1) is 15.0. The molecule has 0 aliphatic heterocycles. The molecule has 3 rings (SSSR count). The highest BCUT2D eigenvalue weighted by molar-refractivity contribution is 7.71. The number of carbonyl (C=O) groups excluding carboxylic acids is 1. The second-order valence-electron chi connectivity index (χ2n) is 6.81. The molecule has 0 atom stereocenters. The van der Waals surface area contributed by atoms with Gasteiger partial charge in [0.1, 0.15) is 12.4 Å². The molecular weight excluding hydrogens is 419 g/mol. The summed E-state index contributed by atoms with van der Waals surface area (Å²) in [6, 6.07) is 13.7. The number of likely N-dealkylation sites (N-methyl/N-ethyl adjacent to an activating group) is 1. The lowest BCUT2D eigenvalue weighted by Crippen LogP contribution is -2.31. The molecule has 0 fully saturated rings. The lowest BCUT2D eigenvalue weighted by Gasteiger charge is -2.18. The average molecular weight is 445 g/mol. The van der Waals surface area contributed by atoms with E-state index in [9.17, 15) is 9.18 Å². The Hall–Kier alpha value is -3.20. The van der Waals surface area contributed by atoms with Gasteiger partial charge in [0.2, 0.25) is 5.91 Å². The van der Waals surface area contributed by atoms with Crippen LogP contribution in [0.25, 0.3) is 11.4 Å². The zero-order valence-corrected chi connectivity index (χ0v) is 18.3. The first-order valence-corrected chi connectivity index (χ1v) is 10.4. The number of aromatic amines is 1. The Labute approximate surface area is 185 Å². The highest BCUT2D eigenvalue weighted by Crippen LogP contribution is 2.21. The van der Waals surface area contributed by atoms with E-state index in [2.05, 4.69) is 10.2 Å². The number of rotatable bonds is 10. The van der Waals surface area contributed by atoms with Crippen LogP contribution in [0.2, 0.25) is 0 Å². The van der Waals surface area contributed by atoms with Crippen LogP contribution in [-0.2, 0) is 11.3 Å². The molecule has 0 unspecified atom stereocenters. The summed E-state index contributed by atoms with van der Waals surface area (Å²) in [6.07, 6.45) is 0.244. The molecule has 0 saturated carbocycles. The summed E-state index contributed by atoms with van der Waals surface area (Å²) in [5.41, 5.74) is 0.870. The van der Waals surface area contributed by atoms with Crippen molar-refractivity contribution in [3.63, 3.8) is 0 Å². The fourth-order valence-corrected chi connectivity index (χ4v) is 3.21. The van der Waals surface area contributed by atoms with Gasteiger partial charge >= 0.3 is 0 Å². The van der Waals surface area contributed by atoms with Crippen LogP contribution in [0, 0.1) is 10.6 Å². The van der Waals surface area contributed by atoms with Crippen molar-refractivity contribution in [3.05, 3.63) is 59.1 Å². The van der Waals surface area contributed by atoms with Gasteiger partial charge in [0.15, 0.2) is 22.2 Å². The van der Waals surface area contributed by atoms with E-state index in [1.807, 2.05) is 31.2 Å². The van der Waals surface area contributed by atoms with Crippen LogP contribution < -0.4 is 9.47 Å². The van der Waals surface area contributed by atoms with Crippen LogP contribution in [0.1, 0.15) is 13.3 Å². The summed E-state index contributed by atoms with van der Waals surface area (Å²) >= 11 is 5.33. The van der Waals surface area contributed by atoms with Gasteiger partial charge in [-0.15, -0.1) is 0 Å². The first-order valence-electron chi connectivity index (χ1n) is 9.99. The van der Waals surface area contributed by atoms with E-state index >= 15 is 0 Å². The zero-order chi connectivity index (χ0) is 22.2. The first kappa shape index (κ1) is 22.5. The summed E-state index contributed by atoms with van der Waals surface area (Å²) in [5, 5.41) is 7.09. The van der Waals surface area contributed by atoms with Crippen molar-refractivity contribution in [2.75, 3.05) is 26.8 Å². The quantitative estimate of drug-likeness (QED) is 0.477. The lowest BCUT2D eigenvalue weighted by atomic mass is 10.2. The molecule has 0 saturated heterocycles. The van der Waals surface area contributed by atoms with Crippen molar-refractivity contribution in [2.45, 2.75) is 19.9 Å². The SMILES string of the molecule is CCOc1ccc(-c2n[nH]c(=S)n2CCC(=O)N(C)CCOc2ccccc2F)cc1. The highest BCUT2D eigenvalue weighted by Gasteiger charge is 2.14. The second-order valence-corrected chi connectivity index (χ2v) is 7.19. The minimum atomic E-state index is -0.423. The van der Waals surface area contributed by atoms with Gasteiger partial charge in [-0.2, -0.15) is 5.10 Å². The Bertz CT molecular complexity index is 1070. The molecule has 31 heavy (non-hydrogen) atoms. The van der Waals surface area contributed by atoms with Crippen molar-refractivity contribution in [1.29, 1.82) is 0 Å². The number of para-hydroxylation sites is 1. The molecule has 9 heteroatoms. The monoisotopic (exact) mass is 444 g/mol. The number of carbonyl (C=O) groups is 1. The standard InChI is InChI=1S/C22H25FN4O3S/c1-3-29-17-10-8-16(9-11-17)21-24-25-22(31)27(21)13-12-20(28)26(2)14-15-30-19-7-5-4-6-18(19)23/h4-11H,3,12-15H2,1-2H3,(H,25,31). The van der Waals surface area contributed by atoms with Crippen molar-refractivity contribution in [3.8, 4) is 22.9 Å². The predicted molar refractivity (Wildman–Crippen MR) is 118 cm³/mol. The number of nitrogens with zero attached hydrogens (tertiary/aromatic N) is 3. The molecule has 1 heterocycles. The smallest absolute Gasteiger partial charge is 0.224 e. The molecule has 7 nitrogen and oxygen atoms in total. The number of nitrogens with one attached hydrogen (secondary N) is 1. The van der Waals surface area contributed by atoms with Crippen LogP contribution >= 0.6 is 12.2 Å². The van der Waals surface area contributed by atoms with Crippen molar-refractivity contribution in [1.82, 2.24) is 19.7 Å². The third-order valence-corrected chi connectivity index (χ3v) is 4.99. The number of benzene rings is 2. The normalized spacial score (nSPS) is 10.7. The molecule has 2 aromatic carbocycles. The van der Waals surface area contributed by atoms with E-state index in [4.69, 9.17) is 21.7 Å². The molecule has 0 radical (unpaired) electrons. The van der Waals surface area contributed by atoms with Crippen molar-refractivity contribution < 1.29 is 18.7 Å². The van der Waals surface area contributed by atoms with Gasteiger partial charge in [-0.3, -0.25) is 14.5 Å². The molecule has 164 valence electrons. The fraction of sp³-hybridized carbons (Fsp3) is 0.318. The number of hydrogen-bond donors (Lipinski definition) is 1. The summed E-state index contributed by atoms with van der Waals surface area (Å²) in [5.74, 6) is 1.12. The Morgan fingerprint density at radius 3 is 2.65 bits per heavy atom. The third kappa shape index (κ3) is 5.91. The maximum atomic E-state index is 13.6. The van der Waals surface area contributed by atoms with Gasteiger partial charge in [0.05, 0.1) is 13.2 Å². The summed E-state index contributed by atoms with van der Waals surface area (Å²) in [4.78, 5) is 14.1. The molecule has 0 bridgehead atoms. The maximum Gasteiger partial charge on any atom is 0.224 e. The number of aromatic nitrogens is 3. The Kier molecular flexibility index (Phi) is 7.77. The van der Waals surface area contributed by atoms with Gasteiger partial charge in [-0.25, -0.2) is 4.39 Å². The van der Waals surface area contributed by atoms with Crippen molar-refractivity contribution in [2.24, 2.45) is 0 Å². The number of ether oxygens (including phenoxy) is 2. The predicted octanol–water partition coefficient (Wildman–Crippen LogP) is 4.07. The molecule has 0 aliphatic rings. The molecule has 0 spiro atoms. The largest absolute Gasteiger partial charge is 0.494 e. The van der Waals surface area contributed by atoms with Gasteiger partial charge in [-0.1, -0.05) is 12.1 Å². The van der Waals surface area contributed by atoms with Crippen LogP contribution in [0.5, 0.6) is 11.5 Å².